The topological polar surface area (TPSA) is 40.5 Å². The van der Waals surface area contributed by atoms with E-state index in [1.807, 2.05) is 0 Å². The van der Waals surface area contributed by atoms with E-state index in [-0.39, 0.29) is 0 Å². The van der Waals surface area contributed by atoms with Crippen molar-refractivity contribution in [2.45, 2.75) is 52.7 Å². The first-order valence-corrected chi connectivity index (χ1v) is 8.12. The van der Waals surface area contributed by atoms with Crippen LogP contribution in [0.25, 0.3) is 0 Å². The Labute approximate surface area is 98.3 Å². The zero-order valence-corrected chi connectivity index (χ0v) is 12.2. The molecule has 0 aromatic heterocycles. The SMILES string of the molecule is CC(C)(C)O.CC(C)(C)O.[Cl][Ti][Cl]. The molecule has 0 fully saturated rings. The third kappa shape index (κ3) is 1130. The van der Waals surface area contributed by atoms with Gasteiger partial charge in [0, 0.05) is 0 Å². The van der Waals surface area contributed by atoms with Gasteiger partial charge in [-0.25, -0.2) is 0 Å². The Hall–Kier alpha value is 1.21. The summed E-state index contributed by atoms with van der Waals surface area (Å²) in [7, 11) is 9.78. The van der Waals surface area contributed by atoms with Crippen molar-refractivity contribution in [2.75, 3.05) is 0 Å². The van der Waals surface area contributed by atoms with Crippen molar-refractivity contribution in [3.05, 3.63) is 0 Å². The fourth-order valence-electron chi connectivity index (χ4n) is 0. The van der Waals surface area contributed by atoms with Crippen molar-refractivity contribution >= 4 is 18.6 Å². The number of hydrogen-bond donors (Lipinski definition) is 2. The van der Waals surface area contributed by atoms with Crippen molar-refractivity contribution < 1.29 is 27.2 Å². The second-order valence-corrected chi connectivity index (χ2v) is 6.99. The van der Waals surface area contributed by atoms with Gasteiger partial charge in [-0.2, -0.15) is 0 Å². The predicted molar refractivity (Wildman–Crippen MR) is 55.6 cm³/mol. The van der Waals surface area contributed by atoms with E-state index in [0.717, 1.165) is 0 Å². The molecule has 0 heterocycles. The summed E-state index contributed by atoms with van der Waals surface area (Å²) in [4.78, 5) is 0. The average molecular weight is 267 g/mol. The fourth-order valence-corrected chi connectivity index (χ4v) is 0. The van der Waals surface area contributed by atoms with Gasteiger partial charge in [0.1, 0.15) is 0 Å². The van der Waals surface area contributed by atoms with E-state index in [9.17, 15) is 0 Å². The van der Waals surface area contributed by atoms with Gasteiger partial charge in [-0.3, -0.25) is 0 Å². The molecule has 82 valence electrons. The van der Waals surface area contributed by atoms with E-state index in [1.165, 1.54) is 0 Å². The molecule has 0 aliphatic heterocycles. The Bertz CT molecular complexity index is 73.3. The first-order chi connectivity index (χ1) is 5.41. The molecule has 0 atom stereocenters. The first kappa shape index (κ1) is 19.7. The Morgan fingerprint density at radius 3 is 0.769 bits per heavy atom. The van der Waals surface area contributed by atoms with E-state index < -0.39 is 28.2 Å². The van der Waals surface area contributed by atoms with Crippen molar-refractivity contribution in [1.29, 1.82) is 0 Å². The van der Waals surface area contributed by atoms with Crippen LogP contribution in [0.2, 0.25) is 0 Å². The summed E-state index contributed by atoms with van der Waals surface area (Å²) in [5, 5.41) is 17.0. The molecule has 5 heteroatoms. The quantitative estimate of drug-likeness (QED) is 0.662. The molecule has 0 saturated heterocycles. The summed E-state index contributed by atoms with van der Waals surface area (Å²) in [6.45, 7) is 10.5. The third-order valence-electron chi connectivity index (χ3n) is 0. The summed E-state index contributed by atoms with van der Waals surface area (Å²) in [5.74, 6) is 0. The van der Waals surface area contributed by atoms with E-state index in [1.54, 1.807) is 41.5 Å². The molecular formula is C8H20Cl2O2Ti. The third-order valence-corrected chi connectivity index (χ3v) is 0. The molecule has 0 amide bonds. The summed E-state index contributed by atoms with van der Waals surface area (Å²) < 4.78 is 0. The molecule has 0 spiro atoms. The monoisotopic (exact) mass is 266 g/mol. The van der Waals surface area contributed by atoms with Crippen molar-refractivity contribution in [1.82, 2.24) is 0 Å². The average Bonchev–Trinajstić information content (AvgIpc) is 1.52. The van der Waals surface area contributed by atoms with Crippen LogP contribution in [0, 0.1) is 0 Å². The molecule has 0 radical (unpaired) electrons. The van der Waals surface area contributed by atoms with Crippen LogP contribution in [0.5, 0.6) is 0 Å². The minimum atomic E-state index is -0.556. The molecule has 2 N–H and O–H groups in total. The number of hydrogen-bond acceptors (Lipinski definition) is 2. The van der Waals surface area contributed by atoms with Crippen LogP contribution < -0.4 is 0 Å². The second-order valence-electron chi connectivity index (χ2n) is 4.41. The molecule has 2 nitrogen and oxygen atoms in total. The zero-order chi connectivity index (χ0) is 11.7. The minimum absolute atomic E-state index is 0.500. The van der Waals surface area contributed by atoms with Gasteiger partial charge in [0.25, 0.3) is 0 Å². The molecule has 0 aromatic carbocycles. The van der Waals surface area contributed by atoms with Gasteiger partial charge in [-0.05, 0) is 41.5 Å². The van der Waals surface area contributed by atoms with Crippen LogP contribution in [0.3, 0.4) is 0 Å². The number of rotatable bonds is 0. The van der Waals surface area contributed by atoms with Crippen LogP contribution in [0.1, 0.15) is 41.5 Å². The Morgan fingerprint density at radius 2 is 0.769 bits per heavy atom. The van der Waals surface area contributed by atoms with Crippen LogP contribution in [0.15, 0.2) is 0 Å². The normalized spacial score (nSPS) is 10.3. The Balaban J connectivity index is -0.000000120. The Morgan fingerprint density at radius 1 is 0.769 bits per heavy atom. The molecule has 0 bridgehead atoms. The predicted octanol–water partition coefficient (Wildman–Crippen LogP) is 2.93. The van der Waals surface area contributed by atoms with Gasteiger partial charge in [-0.15, -0.1) is 0 Å². The summed E-state index contributed by atoms with van der Waals surface area (Å²) >= 11 is -0.556. The summed E-state index contributed by atoms with van der Waals surface area (Å²) in [5.41, 5.74) is -1.00. The molecule has 0 aromatic rings. The number of aliphatic hydroxyl groups is 2. The van der Waals surface area contributed by atoms with E-state index in [2.05, 4.69) is 0 Å². The van der Waals surface area contributed by atoms with Crippen molar-refractivity contribution in [3.8, 4) is 0 Å². The molecule has 0 aliphatic carbocycles. The second kappa shape index (κ2) is 9.76. The van der Waals surface area contributed by atoms with Gasteiger partial charge in [0.15, 0.2) is 0 Å². The molecule has 13 heavy (non-hydrogen) atoms. The van der Waals surface area contributed by atoms with Crippen LogP contribution in [-0.2, 0) is 17.0 Å². The van der Waals surface area contributed by atoms with Gasteiger partial charge >= 0.3 is 35.6 Å². The van der Waals surface area contributed by atoms with E-state index in [4.69, 9.17) is 28.8 Å². The maximum atomic E-state index is 8.52. The standard InChI is InChI=1S/2C4H10O.2ClH.Ti/c2*1-4(2,3)5;;;/h2*5H,1-3H3;2*1H;/q;;;;+2/p-2. The van der Waals surface area contributed by atoms with Crippen LogP contribution >= 0.6 is 18.6 Å². The summed E-state index contributed by atoms with van der Waals surface area (Å²) in [6.07, 6.45) is 0. The number of halogens is 2. The maximum absolute atomic E-state index is 8.52. The van der Waals surface area contributed by atoms with Gasteiger partial charge in [0.2, 0.25) is 0 Å². The molecule has 0 rings (SSSR count). The van der Waals surface area contributed by atoms with E-state index in [0.29, 0.717) is 0 Å². The van der Waals surface area contributed by atoms with Crippen molar-refractivity contribution in [3.63, 3.8) is 0 Å². The van der Waals surface area contributed by atoms with Crippen LogP contribution in [-0.4, -0.2) is 21.4 Å². The molecular weight excluding hydrogens is 247 g/mol. The molecule has 0 saturated carbocycles. The zero-order valence-electron chi connectivity index (χ0n) is 9.15. The fraction of sp³-hybridized carbons (Fsp3) is 1.00. The van der Waals surface area contributed by atoms with Crippen molar-refractivity contribution in [2.24, 2.45) is 0 Å². The Kier molecular flexibility index (Phi) is 14.8. The molecule has 0 aliphatic rings. The van der Waals surface area contributed by atoms with Gasteiger partial charge < -0.3 is 10.2 Å². The van der Waals surface area contributed by atoms with Gasteiger partial charge in [-0.1, -0.05) is 0 Å². The molecule has 0 unspecified atom stereocenters. The van der Waals surface area contributed by atoms with Crippen LogP contribution in [0.4, 0.5) is 0 Å². The van der Waals surface area contributed by atoms with Gasteiger partial charge in [0.05, 0.1) is 11.2 Å². The van der Waals surface area contributed by atoms with E-state index >= 15 is 0 Å². The first-order valence-electron chi connectivity index (χ1n) is 3.83. The summed E-state index contributed by atoms with van der Waals surface area (Å²) in [6, 6.07) is 0.